The van der Waals surface area contributed by atoms with Crippen LogP contribution < -0.4 is 14.5 Å². The van der Waals surface area contributed by atoms with Gasteiger partial charge in [0.25, 0.3) is 5.91 Å². The lowest BCUT2D eigenvalue weighted by Gasteiger charge is -2.21. The van der Waals surface area contributed by atoms with Crippen molar-refractivity contribution >= 4 is 49.9 Å². The van der Waals surface area contributed by atoms with Gasteiger partial charge in [-0.15, -0.1) is 0 Å². The number of amides is 1. The summed E-state index contributed by atoms with van der Waals surface area (Å²) in [6, 6.07) is 14.1. The molecule has 0 aromatic heterocycles. The Morgan fingerprint density at radius 3 is 2.44 bits per heavy atom. The highest BCUT2D eigenvalue weighted by Crippen LogP contribution is 2.21. The average Bonchev–Trinajstić information content (AvgIpc) is 2.63. The van der Waals surface area contributed by atoms with Gasteiger partial charge in [0.15, 0.2) is 0 Å². The zero-order valence-corrected chi connectivity index (χ0v) is 18.1. The van der Waals surface area contributed by atoms with Crippen LogP contribution in [-0.2, 0) is 14.8 Å². The molecular weight excluding hydrogens is 481 g/mol. The Labute approximate surface area is 172 Å². The number of hydrazone groups is 1. The number of sulfonamides is 1. The van der Waals surface area contributed by atoms with E-state index in [2.05, 4.69) is 33.1 Å². The molecule has 0 aliphatic heterocycles. The number of nitrogens with zero attached hydrogens (tertiary/aromatic N) is 2. The second kappa shape index (κ2) is 9.18. The van der Waals surface area contributed by atoms with Crippen molar-refractivity contribution in [3.05, 3.63) is 57.7 Å². The SMILES string of the molecule is COc1ccc(N(CC(=O)N/N=C(/C)c2cccc(I)c2)S(C)(=O)=O)cc1. The predicted octanol–water partition coefficient (Wildman–Crippen LogP) is 2.61. The van der Waals surface area contributed by atoms with E-state index in [4.69, 9.17) is 4.74 Å². The minimum absolute atomic E-state index is 0.367. The lowest BCUT2D eigenvalue weighted by Crippen LogP contribution is -2.39. The molecule has 0 atom stereocenters. The molecule has 0 heterocycles. The predicted molar refractivity (Wildman–Crippen MR) is 115 cm³/mol. The maximum atomic E-state index is 12.2. The Kier molecular flexibility index (Phi) is 7.19. The number of halogens is 1. The third kappa shape index (κ3) is 6.21. The normalized spacial score (nSPS) is 11.8. The number of hydrogen-bond donors (Lipinski definition) is 1. The summed E-state index contributed by atoms with van der Waals surface area (Å²) in [6.07, 6.45) is 1.05. The molecule has 0 unspecified atom stereocenters. The average molecular weight is 501 g/mol. The largest absolute Gasteiger partial charge is 0.497 e. The monoisotopic (exact) mass is 501 g/mol. The van der Waals surface area contributed by atoms with Crippen molar-refractivity contribution in [3.8, 4) is 5.75 Å². The maximum absolute atomic E-state index is 12.2. The molecule has 2 aromatic rings. The Morgan fingerprint density at radius 1 is 1.22 bits per heavy atom. The Bertz CT molecular complexity index is 943. The molecule has 2 aromatic carbocycles. The zero-order valence-electron chi connectivity index (χ0n) is 15.1. The molecule has 0 radical (unpaired) electrons. The van der Waals surface area contributed by atoms with Gasteiger partial charge in [0.05, 0.1) is 24.8 Å². The van der Waals surface area contributed by atoms with Gasteiger partial charge >= 0.3 is 0 Å². The molecule has 0 fully saturated rings. The topological polar surface area (TPSA) is 88.1 Å². The van der Waals surface area contributed by atoms with E-state index in [0.717, 1.165) is 19.7 Å². The number of nitrogens with one attached hydrogen (secondary N) is 1. The molecular formula is C18H20IN3O4S. The van der Waals surface area contributed by atoms with Crippen LogP contribution in [0.3, 0.4) is 0 Å². The highest BCUT2D eigenvalue weighted by molar-refractivity contribution is 14.1. The summed E-state index contributed by atoms with van der Waals surface area (Å²) in [4.78, 5) is 12.2. The lowest BCUT2D eigenvalue weighted by atomic mass is 10.1. The minimum Gasteiger partial charge on any atom is -0.497 e. The van der Waals surface area contributed by atoms with Crippen molar-refractivity contribution in [2.45, 2.75) is 6.92 Å². The number of hydrogen-bond acceptors (Lipinski definition) is 5. The van der Waals surface area contributed by atoms with Gasteiger partial charge in [0.1, 0.15) is 12.3 Å². The van der Waals surface area contributed by atoms with E-state index in [9.17, 15) is 13.2 Å². The van der Waals surface area contributed by atoms with Crippen LogP contribution in [0.4, 0.5) is 5.69 Å². The minimum atomic E-state index is -3.65. The summed E-state index contributed by atoms with van der Waals surface area (Å²) in [7, 11) is -2.13. The van der Waals surface area contributed by atoms with E-state index in [1.165, 1.54) is 7.11 Å². The molecule has 0 aliphatic rings. The van der Waals surface area contributed by atoms with E-state index in [1.807, 2.05) is 24.3 Å². The van der Waals surface area contributed by atoms with Crippen molar-refractivity contribution in [2.24, 2.45) is 5.10 Å². The van der Waals surface area contributed by atoms with Gasteiger partial charge in [0, 0.05) is 3.57 Å². The molecule has 9 heteroatoms. The van der Waals surface area contributed by atoms with Gasteiger partial charge in [-0.3, -0.25) is 9.10 Å². The second-order valence-corrected chi connectivity index (χ2v) is 8.86. The van der Waals surface area contributed by atoms with Crippen molar-refractivity contribution in [1.29, 1.82) is 0 Å². The molecule has 2 rings (SSSR count). The summed E-state index contributed by atoms with van der Waals surface area (Å²) in [5, 5.41) is 4.06. The third-order valence-corrected chi connectivity index (χ3v) is 5.45. The van der Waals surface area contributed by atoms with Crippen LogP contribution in [0.2, 0.25) is 0 Å². The zero-order chi connectivity index (χ0) is 20.0. The van der Waals surface area contributed by atoms with Crippen LogP contribution in [0.15, 0.2) is 53.6 Å². The number of carbonyl (C=O) groups is 1. The van der Waals surface area contributed by atoms with E-state index in [1.54, 1.807) is 31.2 Å². The number of methoxy groups -OCH3 is 1. The fraction of sp³-hybridized carbons (Fsp3) is 0.222. The number of anilines is 1. The first-order valence-corrected chi connectivity index (χ1v) is 10.8. The van der Waals surface area contributed by atoms with Crippen LogP contribution in [-0.4, -0.2) is 39.9 Å². The summed E-state index contributed by atoms with van der Waals surface area (Å²) in [5.41, 5.74) is 4.27. The second-order valence-electron chi connectivity index (χ2n) is 5.71. The number of benzene rings is 2. The quantitative estimate of drug-likeness (QED) is 0.359. The molecule has 1 amide bonds. The van der Waals surface area contributed by atoms with E-state index >= 15 is 0 Å². The summed E-state index contributed by atoms with van der Waals surface area (Å²) >= 11 is 2.19. The van der Waals surface area contributed by atoms with Gasteiger partial charge in [0.2, 0.25) is 10.0 Å². The van der Waals surface area contributed by atoms with Gasteiger partial charge in [-0.1, -0.05) is 12.1 Å². The highest BCUT2D eigenvalue weighted by Gasteiger charge is 2.20. The van der Waals surface area contributed by atoms with E-state index in [0.29, 0.717) is 17.1 Å². The fourth-order valence-corrected chi connectivity index (χ4v) is 3.64. The molecule has 7 nitrogen and oxygen atoms in total. The molecule has 0 bridgehead atoms. The van der Waals surface area contributed by atoms with Crippen LogP contribution in [0, 0.1) is 3.57 Å². The van der Waals surface area contributed by atoms with Gasteiger partial charge in [-0.2, -0.15) is 5.10 Å². The molecule has 27 heavy (non-hydrogen) atoms. The number of carbonyl (C=O) groups excluding carboxylic acids is 1. The number of ether oxygens (including phenoxy) is 1. The summed E-state index contributed by atoms with van der Waals surface area (Å²) in [5.74, 6) is 0.0515. The Morgan fingerprint density at radius 2 is 1.89 bits per heavy atom. The van der Waals surface area contributed by atoms with Gasteiger partial charge in [-0.05, 0) is 71.5 Å². The molecule has 0 aliphatic carbocycles. The van der Waals surface area contributed by atoms with Crippen molar-refractivity contribution < 1.29 is 17.9 Å². The van der Waals surface area contributed by atoms with Crippen molar-refractivity contribution in [3.63, 3.8) is 0 Å². The van der Waals surface area contributed by atoms with Gasteiger partial charge in [-0.25, -0.2) is 13.8 Å². The lowest BCUT2D eigenvalue weighted by molar-refractivity contribution is -0.119. The maximum Gasteiger partial charge on any atom is 0.260 e. The van der Waals surface area contributed by atoms with E-state index < -0.39 is 15.9 Å². The molecule has 0 saturated carbocycles. The van der Waals surface area contributed by atoms with Crippen molar-refractivity contribution in [1.82, 2.24) is 5.43 Å². The fourth-order valence-electron chi connectivity index (χ4n) is 2.24. The Hall–Kier alpha value is -2.14. The third-order valence-electron chi connectivity index (χ3n) is 3.64. The van der Waals surface area contributed by atoms with Gasteiger partial charge < -0.3 is 4.74 Å². The Balaban J connectivity index is 2.13. The first-order chi connectivity index (χ1) is 12.7. The van der Waals surface area contributed by atoms with Crippen LogP contribution in [0.5, 0.6) is 5.75 Å². The van der Waals surface area contributed by atoms with Crippen LogP contribution >= 0.6 is 22.6 Å². The summed E-state index contributed by atoms with van der Waals surface area (Å²) < 4.78 is 31.3. The standard InChI is InChI=1S/C18H20IN3O4S/c1-13(14-5-4-6-15(19)11-14)20-21-18(23)12-22(27(3,24)25)16-7-9-17(26-2)10-8-16/h4-11H,12H2,1-3H3,(H,21,23)/b20-13-. The highest BCUT2D eigenvalue weighted by atomic mass is 127. The molecule has 0 spiro atoms. The molecule has 0 saturated heterocycles. The van der Waals surface area contributed by atoms with Crippen LogP contribution in [0.25, 0.3) is 0 Å². The smallest absolute Gasteiger partial charge is 0.260 e. The first-order valence-electron chi connectivity index (χ1n) is 7.91. The molecule has 144 valence electrons. The molecule has 1 N–H and O–H groups in total. The van der Waals surface area contributed by atoms with Crippen molar-refractivity contribution in [2.75, 3.05) is 24.2 Å². The number of rotatable bonds is 7. The first kappa shape index (κ1) is 21.2. The van der Waals surface area contributed by atoms with E-state index in [-0.39, 0.29) is 6.54 Å². The van der Waals surface area contributed by atoms with Crippen LogP contribution in [0.1, 0.15) is 12.5 Å². The summed E-state index contributed by atoms with van der Waals surface area (Å²) in [6.45, 7) is 1.39.